The Morgan fingerprint density at radius 3 is 2.58 bits per heavy atom. The molecule has 0 aliphatic rings. The first kappa shape index (κ1) is 14.3. The number of nitrogens with zero attached hydrogens (tertiary/aromatic N) is 3. The van der Waals surface area contributed by atoms with Crippen LogP contribution in [0.4, 0.5) is 10.5 Å². The summed E-state index contributed by atoms with van der Waals surface area (Å²) in [5, 5.41) is 14.6. The number of alkyl carbamates (subject to hydrolysis) is 1. The number of hydrogen-bond acceptors (Lipinski definition) is 4. The molecule has 1 aromatic carbocycles. The second-order valence-electron chi connectivity index (χ2n) is 3.59. The van der Waals surface area contributed by atoms with Crippen molar-refractivity contribution in [2.75, 3.05) is 7.11 Å². The summed E-state index contributed by atoms with van der Waals surface area (Å²) in [5.74, 6) is -1.16. The van der Waals surface area contributed by atoms with Gasteiger partial charge in [0.2, 0.25) is 0 Å². The zero-order valence-corrected chi connectivity index (χ0v) is 10.1. The summed E-state index contributed by atoms with van der Waals surface area (Å²) in [7, 11) is 1.16. The van der Waals surface area contributed by atoms with Crippen molar-refractivity contribution in [1.82, 2.24) is 5.32 Å². The number of methoxy groups -OCH3 is 1. The zero-order valence-electron chi connectivity index (χ0n) is 10.1. The Morgan fingerprint density at radius 2 is 2.11 bits per heavy atom. The van der Waals surface area contributed by atoms with Gasteiger partial charge in [-0.05, 0) is 11.1 Å². The lowest BCUT2D eigenvalue weighted by Gasteiger charge is -2.13. The molecule has 0 heterocycles. The van der Waals surface area contributed by atoms with E-state index in [9.17, 15) is 9.59 Å². The van der Waals surface area contributed by atoms with E-state index in [4.69, 9.17) is 10.6 Å². The lowest BCUT2D eigenvalue weighted by Crippen LogP contribution is -2.42. The van der Waals surface area contributed by atoms with Gasteiger partial charge in [-0.2, -0.15) is 0 Å². The lowest BCUT2D eigenvalue weighted by molar-refractivity contribution is -0.139. The average Bonchev–Trinajstić information content (AvgIpc) is 2.40. The fourth-order valence-electron chi connectivity index (χ4n) is 1.39. The van der Waals surface area contributed by atoms with E-state index in [1.54, 1.807) is 24.3 Å². The minimum atomic E-state index is -1.16. The van der Waals surface area contributed by atoms with Crippen molar-refractivity contribution >= 4 is 17.7 Å². The van der Waals surface area contributed by atoms with Crippen LogP contribution in [0.25, 0.3) is 10.4 Å². The summed E-state index contributed by atoms with van der Waals surface area (Å²) in [6.07, 6.45) is -0.709. The summed E-state index contributed by atoms with van der Waals surface area (Å²) in [6, 6.07) is 5.29. The van der Waals surface area contributed by atoms with Crippen LogP contribution in [0.5, 0.6) is 0 Å². The van der Waals surface area contributed by atoms with Crippen molar-refractivity contribution in [3.05, 3.63) is 40.3 Å². The second-order valence-corrected chi connectivity index (χ2v) is 3.59. The number of hydrogen-bond donors (Lipinski definition) is 2. The number of rotatable bonds is 5. The highest BCUT2D eigenvalue weighted by atomic mass is 16.5. The number of amides is 1. The van der Waals surface area contributed by atoms with E-state index in [0.717, 1.165) is 7.11 Å². The Morgan fingerprint density at radius 1 is 1.47 bits per heavy atom. The highest BCUT2D eigenvalue weighted by molar-refractivity contribution is 5.80. The summed E-state index contributed by atoms with van der Waals surface area (Å²) in [5.41, 5.74) is 9.36. The van der Waals surface area contributed by atoms with E-state index in [2.05, 4.69) is 20.1 Å². The van der Waals surface area contributed by atoms with Crippen LogP contribution in [0.3, 0.4) is 0 Å². The molecule has 100 valence electrons. The van der Waals surface area contributed by atoms with E-state index in [1.807, 2.05) is 0 Å². The molecule has 0 unspecified atom stereocenters. The minimum Gasteiger partial charge on any atom is -0.480 e. The standard InChI is InChI=1S/C11H12N4O4/c1-19-11(18)13-9(10(16)17)6-7-2-4-8(5-3-7)14-15-12/h2-5,9H,6H2,1H3,(H,13,18)(H,16,17)/t9-/m0/s1. The number of benzene rings is 1. The molecular weight excluding hydrogens is 252 g/mol. The molecule has 8 nitrogen and oxygen atoms in total. The second kappa shape index (κ2) is 6.87. The van der Waals surface area contributed by atoms with Crippen LogP contribution in [-0.4, -0.2) is 30.3 Å². The van der Waals surface area contributed by atoms with Gasteiger partial charge in [0.25, 0.3) is 0 Å². The van der Waals surface area contributed by atoms with Gasteiger partial charge in [0.1, 0.15) is 6.04 Å². The van der Waals surface area contributed by atoms with E-state index < -0.39 is 18.1 Å². The Hall–Kier alpha value is -2.73. The van der Waals surface area contributed by atoms with Crippen molar-refractivity contribution in [3.63, 3.8) is 0 Å². The monoisotopic (exact) mass is 264 g/mol. The van der Waals surface area contributed by atoms with E-state index >= 15 is 0 Å². The third kappa shape index (κ3) is 4.57. The summed E-state index contributed by atoms with van der Waals surface area (Å²) >= 11 is 0. The van der Waals surface area contributed by atoms with Crippen LogP contribution in [0, 0.1) is 0 Å². The van der Waals surface area contributed by atoms with Gasteiger partial charge >= 0.3 is 12.1 Å². The number of nitrogens with one attached hydrogen (secondary N) is 1. The van der Waals surface area contributed by atoms with Gasteiger partial charge in [-0.3, -0.25) is 0 Å². The van der Waals surface area contributed by atoms with Gasteiger partial charge in [0.15, 0.2) is 0 Å². The molecule has 1 atom stereocenters. The number of carboxylic acid groups (broad SMARTS) is 1. The molecule has 0 spiro atoms. The maximum absolute atomic E-state index is 11.0. The summed E-state index contributed by atoms with van der Waals surface area (Å²) in [6.45, 7) is 0. The Bertz CT molecular complexity index is 508. The largest absolute Gasteiger partial charge is 0.480 e. The number of azide groups is 1. The smallest absolute Gasteiger partial charge is 0.407 e. The predicted molar refractivity (Wildman–Crippen MR) is 65.9 cm³/mol. The third-order valence-electron chi connectivity index (χ3n) is 2.31. The lowest BCUT2D eigenvalue weighted by atomic mass is 10.1. The van der Waals surface area contributed by atoms with Gasteiger partial charge in [-0.25, -0.2) is 9.59 Å². The molecule has 0 aromatic heterocycles. The number of aliphatic carboxylic acids is 1. The van der Waals surface area contributed by atoms with Crippen LogP contribution in [0.15, 0.2) is 29.4 Å². The minimum absolute atomic E-state index is 0.0982. The molecule has 1 amide bonds. The average molecular weight is 264 g/mol. The molecule has 0 fully saturated rings. The van der Waals surface area contributed by atoms with Crippen LogP contribution in [0.1, 0.15) is 5.56 Å². The van der Waals surface area contributed by atoms with Gasteiger partial charge in [0, 0.05) is 17.0 Å². The van der Waals surface area contributed by atoms with Gasteiger partial charge in [-0.15, -0.1) is 0 Å². The highest BCUT2D eigenvalue weighted by Crippen LogP contribution is 2.14. The molecule has 1 aromatic rings. The number of carbonyl (C=O) groups is 2. The molecule has 0 aliphatic carbocycles. The maximum Gasteiger partial charge on any atom is 0.407 e. The third-order valence-corrected chi connectivity index (χ3v) is 2.31. The van der Waals surface area contributed by atoms with E-state index in [-0.39, 0.29) is 6.42 Å². The molecule has 8 heteroatoms. The molecule has 0 bridgehead atoms. The van der Waals surface area contributed by atoms with E-state index in [1.165, 1.54) is 0 Å². The quantitative estimate of drug-likeness (QED) is 0.479. The molecule has 0 saturated carbocycles. The van der Waals surface area contributed by atoms with E-state index in [0.29, 0.717) is 11.3 Å². The topological polar surface area (TPSA) is 124 Å². The highest BCUT2D eigenvalue weighted by Gasteiger charge is 2.20. The SMILES string of the molecule is COC(=O)N[C@@H](Cc1ccc(N=[N+]=[N-])cc1)C(=O)O. The Labute approximate surface area is 108 Å². The zero-order chi connectivity index (χ0) is 14.3. The van der Waals surface area contributed by atoms with Gasteiger partial charge < -0.3 is 15.2 Å². The molecular formula is C11H12N4O4. The normalized spacial score (nSPS) is 11.0. The molecule has 2 N–H and O–H groups in total. The summed E-state index contributed by atoms with van der Waals surface area (Å²) < 4.78 is 4.35. The Balaban J connectivity index is 2.76. The first-order chi connectivity index (χ1) is 9.06. The van der Waals surface area contributed by atoms with Crippen LogP contribution in [0.2, 0.25) is 0 Å². The molecule has 19 heavy (non-hydrogen) atoms. The van der Waals surface area contributed by atoms with Crippen molar-refractivity contribution in [2.24, 2.45) is 5.11 Å². The van der Waals surface area contributed by atoms with Crippen molar-refractivity contribution in [1.29, 1.82) is 0 Å². The van der Waals surface area contributed by atoms with Crippen molar-refractivity contribution in [3.8, 4) is 0 Å². The number of carbonyl (C=O) groups excluding carboxylic acids is 1. The number of carboxylic acids is 1. The Kier molecular flexibility index (Phi) is 5.18. The molecule has 0 aliphatic heterocycles. The first-order valence-corrected chi connectivity index (χ1v) is 5.28. The fraction of sp³-hybridized carbons (Fsp3) is 0.273. The number of ether oxygens (including phenoxy) is 1. The van der Waals surface area contributed by atoms with Gasteiger partial charge in [-0.1, -0.05) is 29.4 Å². The van der Waals surface area contributed by atoms with Crippen LogP contribution in [-0.2, 0) is 16.0 Å². The maximum atomic E-state index is 11.0. The van der Waals surface area contributed by atoms with Crippen LogP contribution >= 0.6 is 0 Å². The molecule has 0 saturated heterocycles. The van der Waals surface area contributed by atoms with Crippen molar-refractivity contribution < 1.29 is 19.4 Å². The molecule has 0 radical (unpaired) electrons. The van der Waals surface area contributed by atoms with Gasteiger partial charge in [0.05, 0.1) is 7.11 Å². The first-order valence-electron chi connectivity index (χ1n) is 5.28. The predicted octanol–water partition coefficient (Wildman–Crippen LogP) is 1.98. The van der Waals surface area contributed by atoms with Crippen LogP contribution < -0.4 is 5.32 Å². The molecule has 1 rings (SSSR count). The van der Waals surface area contributed by atoms with Crippen molar-refractivity contribution in [2.45, 2.75) is 12.5 Å². The summed E-state index contributed by atoms with van der Waals surface area (Å²) in [4.78, 5) is 24.6. The fourth-order valence-corrected chi connectivity index (χ4v) is 1.39.